The topological polar surface area (TPSA) is 65.8 Å². The number of nitrogens with zero attached hydrogens (tertiary/aromatic N) is 2. The molecule has 3 rings (SSSR count). The Kier molecular flexibility index (Phi) is 5.19. The van der Waals surface area contributed by atoms with Gasteiger partial charge in [-0.25, -0.2) is 4.98 Å². The highest BCUT2D eigenvalue weighted by Crippen LogP contribution is 2.22. The van der Waals surface area contributed by atoms with Gasteiger partial charge in [0, 0.05) is 39.9 Å². The third-order valence-corrected chi connectivity index (χ3v) is 4.96. The average Bonchev–Trinajstić information content (AvgIpc) is 2.62. The molecule has 5 heteroatoms. The maximum atomic E-state index is 12.2. The minimum atomic E-state index is -0.929. The fourth-order valence-corrected chi connectivity index (χ4v) is 3.55. The van der Waals surface area contributed by atoms with Crippen molar-refractivity contribution in [2.24, 2.45) is 0 Å². The summed E-state index contributed by atoms with van der Waals surface area (Å²) in [5.41, 5.74) is 3.09. The van der Waals surface area contributed by atoms with Gasteiger partial charge in [-0.15, -0.1) is 0 Å². The van der Waals surface area contributed by atoms with Crippen LogP contribution >= 0.6 is 0 Å². The van der Waals surface area contributed by atoms with Crippen molar-refractivity contribution in [3.05, 3.63) is 71.9 Å². The second-order valence-electron chi connectivity index (χ2n) is 5.38. The van der Waals surface area contributed by atoms with Crippen LogP contribution in [0, 0.1) is 11.3 Å². The molecular weight excluding hydrogens is 318 g/mol. The van der Waals surface area contributed by atoms with Gasteiger partial charge >= 0.3 is 0 Å². The Morgan fingerprint density at radius 2 is 1.83 bits per heavy atom. The molecule has 3 aromatic rings. The molecule has 1 unspecified atom stereocenters. The number of anilines is 1. The van der Waals surface area contributed by atoms with Gasteiger partial charge in [0.05, 0.1) is 5.52 Å². The standard InChI is InChI=1S/C19H17N3OS/c20-13-16-12-19(17-8-4-5-9-18(17)22-16)21-10-11-24(23)14-15-6-2-1-3-7-15/h1-9,12H,10-11,14H2,(H,21,22). The van der Waals surface area contributed by atoms with Gasteiger partial charge in [-0.1, -0.05) is 48.5 Å². The molecule has 24 heavy (non-hydrogen) atoms. The van der Waals surface area contributed by atoms with Gasteiger partial charge in [-0.05, 0) is 17.7 Å². The molecule has 1 N–H and O–H groups in total. The minimum Gasteiger partial charge on any atom is -0.383 e. The molecule has 0 aliphatic carbocycles. The largest absolute Gasteiger partial charge is 0.383 e. The van der Waals surface area contributed by atoms with E-state index in [0.717, 1.165) is 22.2 Å². The number of para-hydroxylation sites is 1. The van der Waals surface area contributed by atoms with Gasteiger partial charge in [0.25, 0.3) is 0 Å². The van der Waals surface area contributed by atoms with Crippen LogP contribution in [-0.2, 0) is 16.6 Å². The van der Waals surface area contributed by atoms with E-state index in [1.54, 1.807) is 6.07 Å². The van der Waals surface area contributed by atoms with Gasteiger partial charge in [0.15, 0.2) is 0 Å². The van der Waals surface area contributed by atoms with Gasteiger partial charge in [0.2, 0.25) is 0 Å². The zero-order chi connectivity index (χ0) is 16.8. The fourth-order valence-electron chi connectivity index (χ4n) is 2.51. The van der Waals surface area contributed by atoms with Crippen LogP contribution in [0.1, 0.15) is 11.3 Å². The second kappa shape index (κ2) is 7.71. The lowest BCUT2D eigenvalue weighted by Crippen LogP contribution is -2.12. The summed E-state index contributed by atoms with van der Waals surface area (Å²) in [6.07, 6.45) is 0. The summed E-state index contributed by atoms with van der Waals surface area (Å²) < 4.78 is 12.2. The van der Waals surface area contributed by atoms with Crippen LogP contribution in [0.15, 0.2) is 60.7 Å². The van der Waals surface area contributed by atoms with Crippen LogP contribution in [0.2, 0.25) is 0 Å². The summed E-state index contributed by atoms with van der Waals surface area (Å²) in [6, 6.07) is 21.3. The molecule has 0 aliphatic heterocycles. The van der Waals surface area contributed by atoms with E-state index in [4.69, 9.17) is 5.26 Å². The van der Waals surface area contributed by atoms with Crippen molar-refractivity contribution in [3.63, 3.8) is 0 Å². The number of nitriles is 1. The van der Waals surface area contributed by atoms with Crippen molar-refractivity contribution < 1.29 is 4.21 Å². The SMILES string of the molecule is N#Cc1cc(NCCS(=O)Cc2ccccc2)c2ccccc2n1. The third-order valence-electron chi connectivity index (χ3n) is 3.65. The van der Waals surface area contributed by atoms with Crippen molar-refractivity contribution in [2.45, 2.75) is 5.75 Å². The van der Waals surface area contributed by atoms with Crippen molar-refractivity contribution in [3.8, 4) is 6.07 Å². The van der Waals surface area contributed by atoms with E-state index in [1.807, 2.05) is 54.6 Å². The monoisotopic (exact) mass is 335 g/mol. The summed E-state index contributed by atoms with van der Waals surface area (Å²) in [5, 5.41) is 13.4. The maximum Gasteiger partial charge on any atom is 0.143 e. The quantitative estimate of drug-likeness (QED) is 0.749. The first-order valence-corrected chi connectivity index (χ1v) is 9.18. The first-order valence-electron chi connectivity index (χ1n) is 7.69. The Labute approximate surface area is 143 Å². The number of fused-ring (bicyclic) bond motifs is 1. The van der Waals surface area contributed by atoms with E-state index < -0.39 is 10.8 Å². The molecule has 0 saturated heterocycles. The van der Waals surface area contributed by atoms with Gasteiger partial charge in [0.1, 0.15) is 11.8 Å². The number of aromatic nitrogens is 1. The second-order valence-corrected chi connectivity index (χ2v) is 6.96. The predicted octanol–water partition coefficient (Wildman–Crippen LogP) is 3.47. The minimum absolute atomic E-state index is 0.376. The zero-order valence-electron chi connectivity index (χ0n) is 13.1. The van der Waals surface area contributed by atoms with Gasteiger partial charge in [-0.2, -0.15) is 5.26 Å². The van der Waals surface area contributed by atoms with Crippen LogP contribution in [0.3, 0.4) is 0 Å². The van der Waals surface area contributed by atoms with Crippen molar-refractivity contribution in [1.29, 1.82) is 5.26 Å². The number of hydrogen-bond donors (Lipinski definition) is 1. The number of hydrogen-bond acceptors (Lipinski definition) is 4. The molecule has 0 saturated carbocycles. The summed E-state index contributed by atoms with van der Waals surface area (Å²) in [6.45, 7) is 0.582. The molecule has 2 aromatic carbocycles. The lowest BCUT2D eigenvalue weighted by atomic mass is 10.1. The first-order chi connectivity index (χ1) is 11.8. The summed E-state index contributed by atoms with van der Waals surface area (Å²) in [4.78, 5) is 4.29. The zero-order valence-corrected chi connectivity index (χ0v) is 13.9. The van der Waals surface area contributed by atoms with Crippen molar-refractivity contribution in [1.82, 2.24) is 4.98 Å². The molecule has 1 aromatic heterocycles. The molecule has 120 valence electrons. The highest BCUT2D eigenvalue weighted by atomic mass is 32.2. The van der Waals surface area contributed by atoms with E-state index in [0.29, 0.717) is 23.7 Å². The third kappa shape index (κ3) is 3.98. The van der Waals surface area contributed by atoms with E-state index >= 15 is 0 Å². The lowest BCUT2D eigenvalue weighted by molar-refractivity contribution is 0.682. The number of nitrogens with one attached hydrogen (secondary N) is 1. The number of rotatable bonds is 6. The Hall–Kier alpha value is -2.71. The Bertz CT molecular complexity index is 903. The fraction of sp³-hybridized carbons (Fsp3) is 0.158. The molecule has 0 spiro atoms. The predicted molar refractivity (Wildman–Crippen MR) is 98.1 cm³/mol. The molecular formula is C19H17N3OS. The summed E-state index contributed by atoms with van der Waals surface area (Å²) in [7, 11) is -0.929. The number of pyridine rings is 1. The first kappa shape index (κ1) is 16.2. The molecule has 0 amide bonds. The summed E-state index contributed by atoms with van der Waals surface area (Å²) in [5.74, 6) is 1.11. The Balaban J connectivity index is 1.65. The molecule has 4 nitrogen and oxygen atoms in total. The maximum absolute atomic E-state index is 12.2. The number of benzene rings is 2. The molecule has 0 bridgehead atoms. The van der Waals surface area contributed by atoms with Crippen molar-refractivity contribution in [2.75, 3.05) is 17.6 Å². The van der Waals surface area contributed by atoms with Gasteiger partial charge < -0.3 is 5.32 Å². The molecule has 0 aliphatic rings. The Morgan fingerprint density at radius 1 is 1.08 bits per heavy atom. The van der Waals surface area contributed by atoms with E-state index in [1.165, 1.54) is 0 Å². The van der Waals surface area contributed by atoms with Crippen LogP contribution in [0.25, 0.3) is 10.9 Å². The Morgan fingerprint density at radius 3 is 2.62 bits per heavy atom. The van der Waals surface area contributed by atoms with Crippen LogP contribution in [0.4, 0.5) is 5.69 Å². The van der Waals surface area contributed by atoms with Crippen LogP contribution in [0.5, 0.6) is 0 Å². The average molecular weight is 335 g/mol. The smallest absolute Gasteiger partial charge is 0.143 e. The molecule has 1 heterocycles. The lowest BCUT2D eigenvalue weighted by Gasteiger charge is -2.10. The van der Waals surface area contributed by atoms with E-state index in [2.05, 4.69) is 16.4 Å². The molecule has 1 atom stereocenters. The summed E-state index contributed by atoms with van der Waals surface area (Å²) >= 11 is 0. The van der Waals surface area contributed by atoms with Crippen LogP contribution in [-0.4, -0.2) is 21.5 Å². The van der Waals surface area contributed by atoms with E-state index in [-0.39, 0.29) is 0 Å². The van der Waals surface area contributed by atoms with E-state index in [9.17, 15) is 4.21 Å². The highest BCUT2D eigenvalue weighted by Gasteiger charge is 2.06. The van der Waals surface area contributed by atoms with Crippen molar-refractivity contribution >= 4 is 27.4 Å². The molecule has 0 radical (unpaired) electrons. The normalized spacial score (nSPS) is 11.8. The highest BCUT2D eigenvalue weighted by molar-refractivity contribution is 7.84. The molecule has 0 fully saturated rings. The van der Waals surface area contributed by atoms with Crippen LogP contribution < -0.4 is 5.32 Å². The van der Waals surface area contributed by atoms with Gasteiger partial charge in [-0.3, -0.25) is 4.21 Å².